The van der Waals surface area contributed by atoms with Gasteiger partial charge in [0.15, 0.2) is 0 Å². The fraction of sp³-hybridized carbons (Fsp3) is 0.333. The molecule has 1 aliphatic carbocycles. The number of nitrogens with one attached hydrogen (secondary N) is 1. The molecule has 0 spiro atoms. The number of aromatic carboxylic acids is 1. The van der Waals surface area contributed by atoms with Gasteiger partial charge in [0.1, 0.15) is 11.5 Å². The molecule has 6 nitrogen and oxygen atoms in total. The number of rotatable bonds is 6. The second kappa shape index (κ2) is 7.21. The van der Waals surface area contributed by atoms with Crippen molar-refractivity contribution in [1.82, 2.24) is 5.32 Å². The number of carbonyl (C=O) groups is 2. The third-order valence-corrected chi connectivity index (χ3v) is 4.00. The minimum Gasteiger partial charge on any atom is -0.490 e. The van der Waals surface area contributed by atoms with Gasteiger partial charge in [-0.25, -0.2) is 4.79 Å². The zero-order valence-corrected chi connectivity index (χ0v) is 13.2. The van der Waals surface area contributed by atoms with Gasteiger partial charge in [-0.05, 0) is 56.0 Å². The summed E-state index contributed by atoms with van der Waals surface area (Å²) in [6.07, 6.45) is 4.72. The predicted octanol–water partition coefficient (Wildman–Crippen LogP) is 3.23. The Morgan fingerprint density at radius 1 is 1.21 bits per heavy atom. The molecule has 0 saturated heterocycles. The van der Waals surface area contributed by atoms with Crippen LogP contribution in [0.2, 0.25) is 0 Å². The molecule has 0 radical (unpaired) electrons. The van der Waals surface area contributed by atoms with Crippen molar-refractivity contribution in [2.45, 2.75) is 38.3 Å². The summed E-state index contributed by atoms with van der Waals surface area (Å²) in [6, 6.07) is 9.96. The van der Waals surface area contributed by atoms with Gasteiger partial charge < -0.3 is 19.6 Å². The van der Waals surface area contributed by atoms with Crippen molar-refractivity contribution >= 4 is 11.9 Å². The second-order valence-corrected chi connectivity index (χ2v) is 5.81. The van der Waals surface area contributed by atoms with E-state index in [4.69, 9.17) is 14.3 Å². The Morgan fingerprint density at radius 2 is 2.00 bits per heavy atom. The summed E-state index contributed by atoms with van der Waals surface area (Å²) >= 11 is 0. The standard InChI is InChI=1S/C18H19NO5/c20-17(19-11-15-8-9-16(24-15)18(21)22)12-4-3-7-14(10-12)23-13-5-1-2-6-13/h3-4,7-10,13H,1-2,5-6,11H2,(H,19,20)(H,21,22). The van der Waals surface area contributed by atoms with Gasteiger partial charge in [-0.15, -0.1) is 0 Å². The molecule has 1 saturated carbocycles. The Balaban J connectivity index is 1.58. The summed E-state index contributed by atoms with van der Waals surface area (Å²) in [5.74, 6) is -0.462. The van der Waals surface area contributed by atoms with E-state index in [1.165, 1.54) is 25.0 Å². The minimum atomic E-state index is -1.13. The van der Waals surface area contributed by atoms with Crippen LogP contribution < -0.4 is 10.1 Å². The summed E-state index contributed by atoms with van der Waals surface area (Å²) < 4.78 is 11.0. The lowest BCUT2D eigenvalue weighted by atomic mass is 10.2. The van der Waals surface area contributed by atoms with E-state index in [9.17, 15) is 9.59 Å². The average Bonchev–Trinajstić information content (AvgIpc) is 3.24. The second-order valence-electron chi connectivity index (χ2n) is 5.81. The minimum absolute atomic E-state index is 0.125. The highest BCUT2D eigenvalue weighted by molar-refractivity contribution is 5.94. The SMILES string of the molecule is O=C(NCc1ccc(C(=O)O)o1)c1cccc(OC2CCCC2)c1. The van der Waals surface area contributed by atoms with Crippen molar-refractivity contribution in [3.8, 4) is 5.75 Å². The molecule has 1 aromatic heterocycles. The molecule has 2 aromatic rings. The first-order chi connectivity index (χ1) is 11.6. The lowest BCUT2D eigenvalue weighted by molar-refractivity contribution is 0.0660. The Hall–Kier alpha value is -2.76. The van der Waals surface area contributed by atoms with Gasteiger partial charge in [0.2, 0.25) is 5.76 Å². The van der Waals surface area contributed by atoms with Gasteiger partial charge in [-0.3, -0.25) is 4.79 Å². The summed E-state index contributed by atoms with van der Waals surface area (Å²) in [4.78, 5) is 23.0. The molecular formula is C18H19NO5. The molecule has 0 aliphatic heterocycles. The van der Waals surface area contributed by atoms with Gasteiger partial charge in [0.25, 0.3) is 5.91 Å². The number of hydrogen-bond donors (Lipinski definition) is 2. The highest BCUT2D eigenvalue weighted by Crippen LogP contribution is 2.24. The maximum atomic E-state index is 12.2. The molecule has 24 heavy (non-hydrogen) atoms. The number of furan rings is 1. The molecule has 1 fully saturated rings. The predicted molar refractivity (Wildman–Crippen MR) is 86.2 cm³/mol. The Kier molecular flexibility index (Phi) is 4.84. The van der Waals surface area contributed by atoms with Gasteiger partial charge in [0.05, 0.1) is 12.6 Å². The van der Waals surface area contributed by atoms with Crippen molar-refractivity contribution in [2.75, 3.05) is 0 Å². The van der Waals surface area contributed by atoms with Crippen LogP contribution in [0, 0.1) is 0 Å². The average molecular weight is 329 g/mol. The first-order valence-corrected chi connectivity index (χ1v) is 7.99. The van der Waals surface area contributed by atoms with Crippen LogP contribution >= 0.6 is 0 Å². The smallest absolute Gasteiger partial charge is 0.371 e. The summed E-state index contributed by atoms with van der Waals surface area (Å²) in [6.45, 7) is 0.125. The van der Waals surface area contributed by atoms with Crippen molar-refractivity contribution in [1.29, 1.82) is 0 Å². The molecule has 126 valence electrons. The number of benzene rings is 1. The molecule has 1 aromatic carbocycles. The van der Waals surface area contributed by atoms with Crippen LogP contribution in [0.3, 0.4) is 0 Å². The molecule has 6 heteroatoms. The summed E-state index contributed by atoms with van der Waals surface area (Å²) in [7, 11) is 0. The third-order valence-electron chi connectivity index (χ3n) is 4.00. The zero-order valence-electron chi connectivity index (χ0n) is 13.2. The van der Waals surface area contributed by atoms with Crippen LogP contribution in [0.1, 0.15) is 52.4 Å². The highest BCUT2D eigenvalue weighted by atomic mass is 16.5. The largest absolute Gasteiger partial charge is 0.490 e. The molecule has 1 aliphatic rings. The molecule has 1 amide bonds. The maximum Gasteiger partial charge on any atom is 0.371 e. The number of carboxylic acid groups (broad SMARTS) is 1. The number of amides is 1. The van der Waals surface area contributed by atoms with E-state index >= 15 is 0 Å². The lowest BCUT2D eigenvalue weighted by Crippen LogP contribution is -2.22. The quantitative estimate of drug-likeness (QED) is 0.849. The molecule has 2 N–H and O–H groups in total. The Morgan fingerprint density at radius 3 is 2.71 bits per heavy atom. The van der Waals surface area contributed by atoms with Crippen LogP contribution in [-0.2, 0) is 6.54 Å². The lowest BCUT2D eigenvalue weighted by Gasteiger charge is -2.13. The highest BCUT2D eigenvalue weighted by Gasteiger charge is 2.17. The van der Waals surface area contributed by atoms with Crippen LogP contribution in [0.15, 0.2) is 40.8 Å². The van der Waals surface area contributed by atoms with E-state index in [1.807, 2.05) is 6.07 Å². The van der Waals surface area contributed by atoms with Gasteiger partial charge in [-0.1, -0.05) is 6.07 Å². The third kappa shape index (κ3) is 3.95. The number of carbonyl (C=O) groups excluding carboxylic acids is 1. The first kappa shape index (κ1) is 16.1. The van der Waals surface area contributed by atoms with Gasteiger partial charge >= 0.3 is 5.97 Å². The van der Waals surface area contributed by atoms with Gasteiger partial charge in [-0.2, -0.15) is 0 Å². The fourth-order valence-corrected chi connectivity index (χ4v) is 2.77. The zero-order chi connectivity index (χ0) is 16.9. The van der Waals surface area contributed by atoms with E-state index in [-0.39, 0.29) is 24.3 Å². The molecule has 3 rings (SSSR count). The van der Waals surface area contributed by atoms with E-state index in [2.05, 4.69) is 5.32 Å². The monoisotopic (exact) mass is 329 g/mol. The molecular weight excluding hydrogens is 310 g/mol. The fourth-order valence-electron chi connectivity index (χ4n) is 2.77. The van der Waals surface area contributed by atoms with E-state index < -0.39 is 5.97 Å². The maximum absolute atomic E-state index is 12.2. The number of ether oxygens (including phenoxy) is 1. The first-order valence-electron chi connectivity index (χ1n) is 7.99. The summed E-state index contributed by atoms with van der Waals surface area (Å²) in [5, 5.41) is 11.5. The topological polar surface area (TPSA) is 88.8 Å². The Bertz CT molecular complexity index is 731. The number of hydrogen-bond acceptors (Lipinski definition) is 4. The van der Waals surface area contributed by atoms with Crippen molar-refractivity contribution in [3.05, 3.63) is 53.5 Å². The number of carboxylic acids is 1. The van der Waals surface area contributed by atoms with E-state index in [1.54, 1.807) is 18.2 Å². The van der Waals surface area contributed by atoms with Crippen LogP contribution in [-0.4, -0.2) is 23.1 Å². The molecule has 0 unspecified atom stereocenters. The van der Waals surface area contributed by atoms with Crippen molar-refractivity contribution in [2.24, 2.45) is 0 Å². The molecule has 1 heterocycles. The summed E-state index contributed by atoms with van der Waals surface area (Å²) in [5.41, 5.74) is 0.496. The van der Waals surface area contributed by atoms with Crippen molar-refractivity contribution < 1.29 is 23.8 Å². The van der Waals surface area contributed by atoms with Crippen LogP contribution in [0.5, 0.6) is 5.75 Å². The van der Waals surface area contributed by atoms with Crippen LogP contribution in [0.4, 0.5) is 0 Å². The normalized spacial score (nSPS) is 14.5. The van der Waals surface area contributed by atoms with Crippen molar-refractivity contribution in [3.63, 3.8) is 0 Å². The van der Waals surface area contributed by atoms with E-state index in [0.717, 1.165) is 12.8 Å². The van der Waals surface area contributed by atoms with E-state index in [0.29, 0.717) is 17.1 Å². The van der Waals surface area contributed by atoms with Crippen LogP contribution in [0.25, 0.3) is 0 Å². The Labute approximate surface area is 139 Å². The molecule has 0 atom stereocenters. The molecule has 0 bridgehead atoms. The van der Waals surface area contributed by atoms with Gasteiger partial charge in [0, 0.05) is 5.56 Å².